The van der Waals surface area contributed by atoms with Crippen molar-refractivity contribution in [1.29, 1.82) is 0 Å². The molecular weight excluding hydrogens is 414 g/mol. The van der Waals surface area contributed by atoms with Crippen LogP contribution in [0.15, 0.2) is 34.1 Å². The van der Waals surface area contributed by atoms with Crippen molar-refractivity contribution >= 4 is 20.0 Å². The van der Waals surface area contributed by atoms with Crippen molar-refractivity contribution in [1.82, 2.24) is 13.9 Å². The SMILES string of the molecule is CC1CCCN(C(C)CNS(=O)(=O)c2ccc(S(=O)(=O)N3CCOCC3)cc2)C1. The summed E-state index contributed by atoms with van der Waals surface area (Å²) in [5, 5.41) is 0. The van der Waals surface area contributed by atoms with Gasteiger partial charge in [0.15, 0.2) is 0 Å². The summed E-state index contributed by atoms with van der Waals surface area (Å²) < 4.78 is 59.8. The number of nitrogens with zero attached hydrogens (tertiary/aromatic N) is 2. The van der Waals surface area contributed by atoms with E-state index in [9.17, 15) is 16.8 Å². The molecule has 2 unspecified atom stereocenters. The second kappa shape index (κ2) is 9.40. The van der Waals surface area contributed by atoms with Crippen LogP contribution in [0.3, 0.4) is 0 Å². The molecule has 0 aromatic heterocycles. The quantitative estimate of drug-likeness (QED) is 0.675. The molecule has 0 saturated carbocycles. The Hall–Kier alpha value is -1.04. The van der Waals surface area contributed by atoms with Gasteiger partial charge in [0.1, 0.15) is 0 Å². The number of hydrogen-bond donors (Lipinski definition) is 1. The van der Waals surface area contributed by atoms with Crippen LogP contribution in [0.25, 0.3) is 0 Å². The molecule has 29 heavy (non-hydrogen) atoms. The van der Waals surface area contributed by atoms with Crippen molar-refractivity contribution in [3.63, 3.8) is 0 Å². The maximum absolute atomic E-state index is 12.7. The highest BCUT2D eigenvalue weighted by Gasteiger charge is 2.27. The van der Waals surface area contributed by atoms with Crippen molar-refractivity contribution in [2.45, 2.75) is 42.5 Å². The second-order valence-electron chi connectivity index (χ2n) is 7.93. The molecule has 1 N–H and O–H groups in total. The molecule has 2 saturated heterocycles. The van der Waals surface area contributed by atoms with Crippen LogP contribution in [0.1, 0.15) is 26.7 Å². The smallest absolute Gasteiger partial charge is 0.243 e. The summed E-state index contributed by atoms with van der Waals surface area (Å²) in [6.07, 6.45) is 2.35. The maximum Gasteiger partial charge on any atom is 0.243 e. The van der Waals surface area contributed by atoms with E-state index in [0.717, 1.165) is 19.5 Å². The minimum absolute atomic E-state index is 0.0673. The number of nitrogens with one attached hydrogen (secondary N) is 1. The van der Waals surface area contributed by atoms with Gasteiger partial charge in [-0.25, -0.2) is 21.6 Å². The number of ether oxygens (including phenoxy) is 1. The Morgan fingerprint density at radius 1 is 1.07 bits per heavy atom. The maximum atomic E-state index is 12.7. The lowest BCUT2D eigenvalue weighted by molar-refractivity contribution is 0.0730. The van der Waals surface area contributed by atoms with Gasteiger partial charge in [-0.05, 0) is 56.5 Å². The fourth-order valence-corrected chi connectivity index (χ4v) is 6.33. The van der Waals surface area contributed by atoms with Crippen LogP contribution in [0.2, 0.25) is 0 Å². The fraction of sp³-hybridized carbons (Fsp3) is 0.684. The van der Waals surface area contributed by atoms with Crippen molar-refractivity contribution in [2.24, 2.45) is 5.92 Å². The summed E-state index contributed by atoms with van der Waals surface area (Å²) >= 11 is 0. The molecule has 2 atom stereocenters. The topological polar surface area (TPSA) is 96.0 Å². The molecule has 0 aliphatic carbocycles. The van der Waals surface area contributed by atoms with Crippen LogP contribution in [-0.4, -0.2) is 78.0 Å². The predicted molar refractivity (Wildman–Crippen MR) is 111 cm³/mol. The second-order valence-corrected chi connectivity index (χ2v) is 11.6. The minimum atomic E-state index is -3.70. The molecule has 3 rings (SSSR count). The zero-order valence-corrected chi connectivity index (χ0v) is 18.7. The molecule has 2 aliphatic heterocycles. The lowest BCUT2D eigenvalue weighted by atomic mass is 9.99. The van der Waals surface area contributed by atoms with Crippen LogP contribution in [-0.2, 0) is 24.8 Å². The highest BCUT2D eigenvalue weighted by atomic mass is 32.2. The molecule has 2 fully saturated rings. The van der Waals surface area contributed by atoms with Gasteiger partial charge < -0.3 is 4.74 Å². The highest BCUT2D eigenvalue weighted by molar-refractivity contribution is 7.89. The van der Waals surface area contributed by atoms with E-state index in [4.69, 9.17) is 4.74 Å². The molecule has 164 valence electrons. The average Bonchev–Trinajstić information content (AvgIpc) is 2.73. The zero-order chi connectivity index (χ0) is 21.1. The number of benzene rings is 1. The minimum Gasteiger partial charge on any atom is -0.379 e. The molecule has 0 amide bonds. The summed E-state index contributed by atoms with van der Waals surface area (Å²) in [5.41, 5.74) is 0. The molecule has 2 heterocycles. The standard InChI is InChI=1S/C19H31N3O5S2/c1-16-4-3-9-21(15-16)17(2)14-20-28(23,24)18-5-7-19(8-6-18)29(25,26)22-10-12-27-13-11-22/h5-8,16-17,20H,3-4,9-15H2,1-2H3. The van der Waals surface area contributed by atoms with Crippen molar-refractivity contribution in [3.8, 4) is 0 Å². The molecule has 0 spiro atoms. The molecule has 8 nitrogen and oxygen atoms in total. The van der Waals surface area contributed by atoms with Crippen molar-refractivity contribution in [3.05, 3.63) is 24.3 Å². The molecule has 1 aromatic rings. The lowest BCUT2D eigenvalue weighted by Gasteiger charge is -2.35. The molecule has 0 radical (unpaired) electrons. The summed E-state index contributed by atoms with van der Waals surface area (Å²) in [5.74, 6) is 0.628. The van der Waals surface area contributed by atoms with Gasteiger partial charge in [0.05, 0.1) is 23.0 Å². The average molecular weight is 446 g/mol. The summed E-state index contributed by atoms with van der Waals surface area (Å²) in [7, 11) is -7.34. The first-order valence-electron chi connectivity index (χ1n) is 10.1. The monoisotopic (exact) mass is 445 g/mol. The Labute approximate surface area is 174 Å². The van der Waals surface area contributed by atoms with Crippen LogP contribution >= 0.6 is 0 Å². The number of likely N-dealkylation sites (tertiary alicyclic amines) is 1. The third-order valence-corrected chi connectivity index (χ3v) is 8.97. The van der Waals surface area contributed by atoms with Crippen LogP contribution < -0.4 is 4.72 Å². The Bertz CT molecular complexity index is 881. The number of rotatable bonds is 7. The first kappa shape index (κ1) is 22.6. The van der Waals surface area contributed by atoms with Gasteiger partial charge in [0.25, 0.3) is 0 Å². The van der Waals surface area contributed by atoms with Crippen LogP contribution in [0.4, 0.5) is 0 Å². The van der Waals surface area contributed by atoms with E-state index >= 15 is 0 Å². The lowest BCUT2D eigenvalue weighted by Crippen LogP contribution is -2.46. The van der Waals surface area contributed by atoms with E-state index in [1.165, 1.54) is 35.0 Å². The van der Waals surface area contributed by atoms with Gasteiger partial charge in [-0.15, -0.1) is 0 Å². The van der Waals surface area contributed by atoms with Crippen molar-refractivity contribution in [2.75, 3.05) is 45.9 Å². The predicted octanol–water partition coefficient (Wildman–Crippen LogP) is 1.11. The Balaban J connectivity index is 1.63. The Kier molecular flexibility index (Phi) is 7.34. The number of hydrogen-bond acceptors (Lipinski definition) is 6. The summed E-state index contributed by atoms with van der Waals surface area (Å²) in [4.78, 5) is 2.47. The third-order valence-electron chi connectivity index (χ3n) is 5.62. The Morgan fingerprint density at radius 2 is 1.69 bits per heavy atom. The van der Waals surface area contributed by atoms with E-state index in [1.54, 1.807) is 0 Å². The van der Waals surface area contributed by atoms with E-state index in [2.05, 4.69) is 16.5 Å². The number of piperidine rings is 1. The summed E-state index contributed by atoms with van der Waals surface area (Å²) in [6.45, 7) is 7.87. The van der Waals surface area contributed by atoms with E-state index in [0.29, 0.717) is 38.8 Å². The van der Waals surface area contributed by atoms with Crippen LogP contribution in [0.5, 0.6) is 0 Å². The fourth-order valence-electron chi connectivity index (χ4n) is 3.80. The van der Waals surface area contributed by atoms with Gasteiger partial charge in [0, 0.05) is 32.2 Å². The van der Waals surface area contributed by atoms with E-state index in [1.807, 2.05) is 6.92 Å². The highest BCUT2D eigenvalue weighted by Crippen LogP contribution is 2.20. The normalized spacial score (nSPS) is 23.7. The summed E-state index contributed by atoms with van der Waals surface area (Å²) in [6, 6.07) is 5.52. The molecule has 1 aromatic carbocycles. The molecule has 10 heteroatoms. The van der Waals surface area contributed by atoms with E-state index in [-0.39, 0.29) is 15.8 Å². The van der Waals surface area contributed by atoms with E-state index < -0.39 is 20.0 Å². The molecular formula is C19H31N3O5S2. The van der Waals surface area contributed by atoms with Crippen molar-refractivity contribution < 1.29 is 21.6 Å². The first-order valence-corrected chi connectivity index (χ1v) is 13.0. The first-order chi connectivity index (χ1) is 13.7. The third kappa shape index (κ3) is 5.56. The van der Waals surface area contributed by atoms with Gasteiger partial charge in [0.2, 0.25) is 20.0 Å². The number of sulfonamides is 2. The largest absolute Gasteiger partial charge is 0.379 e. The Morgan fingerprint density at radius 3 is 2.31 bits per heavy atom. The molecule has 2 aliphatic rings. The molecule has 0 bridgehead atoms. The van der Waals surface area contributed by atoms with Gasteiger partial charge >= 0.3 is 0 Å². The van der Waals surface area contributed by atoms with Gasteiger partial charge in [-0.2, -0.15) is 4.31 Å². The zero-order valence-electron chi connectivity index (χ0n) is 17.1. The van der Waals surface area contributed by atoms with Gasteiger partial charge in [-0.3, -0.25) is 4.90 Å². The van der Waals surface area contributed by atoms with Gasteiger partial charge in [-0.1, -0.05) is 6.92 Å². The number of morpholine rings is 1. The van der Waals surface area contributed by atoms with Crippen LogP contribution in [0, 0.1) is 5.92 Å².